The summed E-state index contributed by atoms with van der Waals surface area (Å²) in [6, 6.07) is 0. The van der Waals surface area contributed by atoms with E-state index in [0.29, 0.717) is 12.3 Å². The van der Waals surface area contributed by atoms with Crippen molar-refractivity contribution in [1.82, 2.24) is 0 Å². The molecule has 0 saturated heterocycles. The van der Waals surface area contributed by atoms with Crippen LogP contribution in [-0.4, -0.2) is 28.1 Å². The monoisotopic (exact) mass is 362 g/mol. The maximum atomic E-state index is 12.1. The van der Waals surface area contributed by atoms with E-state index < -0.39 is 5.97 Å². The molecule has 2 aliphatic carbocycles. The van der Waals surface area contributed by atoms with Crippen molar-refractivity contribution in [2.24, 2.45) is 29.6 Å². The van der Waals surface area contributed by atoms with Gasteiger partial charge in [0.25, 0.3) is 0 Å². The number of allylic oxidation sites excluding steroid dienone is 4. The van der Waals surface area contributed by atoms with Gasteiger partial charge in [-0.3, -0.25) is 9.59 Å². The maximum absolute atomic E-state index is 12.1. The summed E-state index contributed by atoms with van der Waals surface area (Å²) in [6.07, 6.45) is 14.7. The molecule has 4 heteroatoms. The van der Waals surface area contributed by atoms with Gasteiger partial charge in [0, 0.05) is 5.92 Å². The molecule has 1 saturated carbocycles. The zero-order chi connectivity index (χ0) is 19.1. The standard InChI is InChI=1S/C22H34O4/c1-3-4-7-15(2)20(23)12-10-16-11-13-21(24)18(16)9-6-5-8-17-14-19(17)22(25)26/h5-6,11,13,15-20,23H,3-4,7-10,12,14H2,1-2H3,(H,25,26)/b6-5-/t15-,16+,17-,18-,19-,20-/m1/s1. The molecule has 0 bridgehead atoms. The van der Waals surface area contributed by atoms with Crippen LogP contribution in [-0.2, 0) is 9.59 Å². The van der Waals surface area contributed by atoms with Gasteiger partial charge in [0.15, 0.2) is 5.78 Å². The van der Waals surface area contributed by atoms with Crippen LogP contribution in [0.5, 0.6) is 0 Å². The highest BCUT2D eigenvalue weighted by atomic mass is 16.4. The molecule has 0 radical (unpaired) electrons. The van der Waals surface area contributed by atoms with E-state index in [2.05, 4.69) is 13.8 Å². The number of unbranched alkanes of at least 4 members (excludes halogenated alkanes) is 1. The lowest BCUT2D eigenvalue weighted by Gasteiger charge is -2.22. The summed E-state index contributed by atoms with van der Waals surface area (Å²) >= 11 is 0. The zero-order valence-corrected chi connectivity index (χ0v) is 16.1. The Bertz CT molecular complexity index is 536. The zero-order valence-electron chi connectivity index (χ0n) is 16.1. The summed E-state index contributed by atoms with van der Waals surface area (Å²) in [6.45, 7) is 4.27. The molecule has 4 nitrogen and oxygen atoms in total. The van der Waals surface area contributed by atoms with Gasteiger partial charge in [-0.2, -0.15) is 0 Å². The average Bonchev–Trinajstić information content (AvgIpc) is 3.32. The van der Waals surface area contributed by atoms with E-state index in [0.717, 1.165) is 44.9 Å². The minimum Gasteiger partial charge on any atom is -0.481 e. The molecule has 0 aromatic rings. The van der Waals surface area contributed by atoms with E-state index in [1.54, 1.807) is 6.08 Å². The van der Waals surface area contributed by atoms with Crippen molar-refractivity contribution < 1.29 is 19.8 Å². The van der Waals surface area contributed by atoms with Crippen LogP contribution in [0.4, 0.5) is 0 Å². The second-order valence-corrected chi connectivity index (χ2v) is 8.18. The molecule has 2 N–H and O–H groups in total. The quantitative estimate of drug-likeness (QED) is 0.505. The number of aliphatic hydroxyl groups excluding tert-OH is 1. The van der Waals surface area contributed by atoms with Gasteiger partial charge in [-0.1, -0.05) is 44.9 Å². The third-order valence-corrected chi connectivity index (χ3v) is 6.09. The van der Waals surface area contributed by atoms with E-state index in [-0.39, 0.29) is 35.6 Å². The van der Waals surface area contributed by atoms with Crippen molar-refractivity contribution >= 4 is 11.8 Å². The van der Waals surface area contributed by atoms with Gasteiger partial charge in [0.05, 0.1) is 12.0 Å². The number of carbonyl (C=O) groups excluding carboxylic acids is 1. The van der Waals surface area contributed by atoms with Crippen LogP contribution >= 0.6 is 0 Å². The number of carboxylic acids is 1. The lowest BCUT2D eigenvalue weighted by atomic mass is 9.85. The Kier molecular flexibility index (Phi) is 8.08. The van der Waals surface area contributed by atoms with Crippen LogP contribution < -0.4 is 0 Å². The molecule has 146 valence electrons. The number of ketones is 1. The van der Waals surface area contributed by atoms with Crippen LogP contribution in [0, 0.1) is 29.6 Å². The highest BCUT2D eigenvalue weighted by molar-refractivity contribution is 5.94. The lowest BCUT2D eigenvalue weighted by molar-refractivity contribution is -0.138. The highest BCUT2D eigenvalue weighted by Gasteiger charge is 2.41. The first-order valence-corrected chi connectivity index (χ1v) is 10.2. The van der Waals surface area contributed by atoms with Crippen molar-refractivity contribution in [2.75, 3.05) is 0 Å². The molecule has 0 aliphatic heterocycles. The van der Waals surface area contributed by atoms with Gasteiger partial charge in [-0.05, 0) is 62.4 Å². The Morgan fingerprint density at radius 2 is 2.04 bits per heavy atom. The van der Waals surface area contributed by atoms with Crippen molar-refractivity contribution in [1.29, 1.82) is 0 Å². The van der Waals surface area contributed by atoms with Gasteiger partial charge in [0.1, 0.15) is 0 Å². The summed E-state index contributed by atoms with van der Waals surface area (Å²) < 4.78 is 0. The van der Waals surface area contributed by atoms with Crippen molar-refractivity contribution in [3.8, 4) is 0 Å². The highest BCUT2D eigenvalue weighted by Crippen LogP contribution is 2.41. The molecule has 2 aliphatic rings. The lowest BCUT2D eigenvalue weighted by Crippen LogP contribution is -2.21. The summed E-state index contributed by atoms with van der Waals surface area (Å²) in [5, 5.41) is 19.3. The minimum atomic E-state index is -0.689. The first-order chi connectivity index (χ1) is 12.4. The molecule has 0 unspecified atom stereocenters. The van der Waals surface area contributed by atoms with Crippen LogP contribution in [0.25, 0.3) is 0 Å². The van der Waals surface area contributed by atoms with E-state index in [4.69, 9.17) is 5.11 Å². The molecule has 0 amide bonds. The SMILES string of the molecule is CCCC[C@@H](C)[C@H](O)CC[C@H]1C=CC(=O)[C@@H]1C/C=C\C[C@@H]1C[C@H]1C(=O)O. The Balaban J connectivity index is 1.72. The van der Waals surface area contributed by atoms with Crippen LogP contribution in [0.15, 0.2) is 24.3 Å². The molecule has 6 atom stereocenters. The van der Waals surface area contributed by atoms with E-state index in [1.807, 2.05) is 18.2 Å². The Hall–Kier alpha value is -1.42. The first kappa shape index (κ1) is 20.9. The van der Waals surface area contributed by atoms with Gasteiger partial charge in [-0.25, -0.2) is 0 Å². The molecule has 0 spiro atoms. The molecule has 0 aromatic carbocycles. The summed E-state index contributed by atoms with van der Waals surface area (Å²) in [7, 11) is 0. The Morgan fingerprint density at radius 3 is 2.69 bits per heavy atom. The van der Waals surface area contributed by atoms with Crippen molar-refractivity contribution in [3.63, 3.8) is 0 Å². The predicted octanol–water partition coefficient (Wildman–Crippen LogP) is 4.38. The predicted molar refractivity (Wildman–Crippen MR) is 103 cm³/mol. The normalized spacial score (nSPS) is 30.0. The average molecular weight is 363 g/mol. The largest absolute Gasteiger partial charge is 0.481 e. The van der Waals surface area contributed by atoms with Crippen molar-refractivity contribution in [3.05, 3.63) is 24.3 Å². The molecule has 26 heavy (non-hydrogen) atoms. The Morgan fingerprint density at radius 1 is 1.31 bits per heavy atom. The number of rotatable bonds is 12. The molecule has 0 heterocycles. The smallest absolute Gasteiger partial charge is 0.306 e. The molecule has 1 fully saturated rings. The van der Waals surface area contributed by atoms with Gasteiger partial charge < -0.3 is 10.2 Å². The van der Waals surface area contributed by atoms with E-state index >= 15 is 0 Å². The third-order valence-electron chi connectivity index (χ3n) is 6.09. The van der Waals surface area contributed by atoms with Gasteiger partial charge in [-0.15, -0.1) is 0 Å². The second-order valence-electron chi connectivity index (χ2n) is 8.18. The molecular formula is C22H34O4. The minimum absolute atomic E-state index is 0.0149. The first-order valence-electron chi connectivity index (χ1n) is 10.2. The second kappa shape index (κ2) is 10.1. The van der Waals surface area contributed by atoms with Crippen molar-refractivity contribution in [2.45, 2.75) is 71.3 Å². The number of carbonyl (C=O) groups is 2. The van der Waals surface area contributed by atoms with Crippen LogP contribution in [0.1, 0.15) is 65.2 Å². The third kappa shape index (κ3) is 6.08. The fourth-order valence-corrected chi connectivity index (χ4v) is 3.97. The number of aliphatic hydroxyl groups is 1. The number of aliphatic carboxylic acids is 1. The van der Waals surface area contributed by atoms with Crippen LogP contribution in [0.2, 0.25) is 0 Å². The molecular weight excluding hydrogens is 328 g/mol. The maximum Gasteiger partial charge on any atom is 0.306 e. The molecule has 0 aromatic heterocycles. The summed E-state index contributed by atoms with van der Waals surface area (Å²) in [4.78, 5) is 23.0. The number of hydrogen-bond acceptors (Lipinski definition) is 3. The van der Waals surface area contributed by atoms with Gasteiger partial charge in [0.2, 0.25) is 0 Å². The fourth-order valence-electron chi connectivity index (χ4n) is 3.97. The summed E-state index contributed by atoms with van der Waals surface area (Å²) in [5.41, 5.74) is 0. The van der Waals surface area contributed by atoms with Crippen LogP contribution in [0.3, 0.4) is 0 Å². The number of carboxylic acid groups (broad SMARTS) is 1. The molecule has 2 rings (SSSR count). The number of hydrogen-bond donors (Lipinski definition) is 2. The van der Waals surface area contributed by atoms with E-state index in [9.17, 15) is 14.7 Å². The summed E-state index contributed by atoms with van der Waals surface area (Å²) in [5.74, 6) is 0.116. The topological polar surface area (TPSA) is 74.6 Å². The van der Waals surface area contributed by atoms with Gasteiger partial charge >= 0.3 is 5.97 Å². The van der Waals surface area contributed by atoms with E-state index in [1.165, 1.54) is 0 Å². The Labute approximate surface area is 157 Å². The fraction of sp³-hybridized carbons (Fsp3) is 0.727.